The molecule has 0 unspecified atom stereocenters. The van der Waals surface area contributed by atoms with Gasteiger partial charge in [0.15, 0.2) is 0 Å². The van der Waals surface area contributed by atoms with Crippen molar-refractivity contribution in [3.63, 3.8) is 0 Å². The second kappa shape index (κ2) is 2.84. The number of fused-ring (bicyclic) bond motifs is 1. The van der Waals surface area contributed by atoms with E-state index in [1.165, 1.54) is 19.3 Å². The molecule has 2 aliphatic rings. The summed E-state index contributed by atoms with van der Waals surface area (Å²) in [6.07, 6.45) is 5.96. The molecule has 2 heteroatoms. The molecule has 11 heavy (non-hydrogen) atoms. The molecule has 1 saturated heterocycles. The molecule has 2 rings (SSSR count). The van der Waals surface area contributed by atoms with E-state index in [1.54, 1.807) is 0 Å². The number of hydrogen-bond acceptors (Lipinski definition) is 2. The van der Waals surface area contributed by atoms with Gasteiger partial charge in [0.05, 0.1) is 12.5 Å². The second-order valence-electron chi connectivity index (χ2n) is 3.61. The lowest BCUT2D eigenvalue weighted by atomic mass is 9.76. The standard InChI is InChI=1S/C9H14O2/c10-9-8-4-2-1-3-7(8)5-6-11-9/h7-8H,1-6H2/t7-,8+/m0/s1. The summed E-state index contributed by atoms with van der Waals surface area (Å²) in [6, 6.07) is 0. The fourth-order valence-electron chi connectivity index (χ4n) is 2.28. The zero-order chi connectivity index (χ0) is 7.68. The Morgan fingerprint density at radius 3 is 2.82 bits per heavy atom. The van der Waals surface area contributed by atoms with Crippen molar-refractivity contribution < 1.29 is 9.53 Å². The van der Waals surface area contributed by atoms with Gasteiger partial charge < -0.3 is 4.74 Å². The molecule has 2 atom stereocenters. The van der Waals surface area contributed by atoms with Crippen molar-refractivity contribution in [3.05, 3.63) is 0 Å². The summed E-state index contributed by atoms with van der Waals surface area (Å²) in [5.74, 6) is 0.989. The third-order valence-electron chi connectivity index (χ3n) is 2.94. The molecule has 0 aromatic rings. The number of rotatable bonds is 0. The van der Waals surface area contributed by atoms with Crippen molar-refractivity contribution in [2.24, 2.45) is 11.8 Å². The molecule has 1 aliphatic heterocycles. The third-order valence-corrected chi connectivity index (χ3v) is 2.94. The van der Waals surface area contributed by atoms with E-state index in [4.69, 9.17) is 4.74 Å². The van der Waals surface area contributed by atoms with Crippen molar-refractivity contribution in [2.75, 3.05) is 6.61 Å². The van der Waals surface area contributed by atoms with Crippen molar-refractivity contribution in [1.29, 1.82) is 0 Å². The van der Waals surface area contributed by atoms with Gasteiger partial charge in [-0.1, -0.05) is 12.8 Å². The Labute approximate surface area is 66.9 Å². The molecule has 1 aliphatic carbocycles. The largest absolute Gasteiger partial charge is 0.465 e. The van der Waals surface area contributed by atoms with Crippen LogP contribution in [-0.2, 0) is 9.53 Å². The van der Waals surface area contributed by atoms with Gasteiger partial charge in [0, 0.05) is 0 Å². The van der Waals surface area contributed by atoms with Crippen LogP contribution >= 0.6 is 0 Å². The van der Waals surface area contributed by atoms with Crippen LogP contribution < -0.4 is 0 Å². The molecule has 2 nitrogen and oxygen atoms in total. The SMILES string of the molecule is O=C1OCC[C@@H]2CCCC[C@@H]12. The Hall–Kier alpha value is -0.530. The van der Waals surface area contributed by atoms with Crippen LogP contribution in [-0.4, -0.2) is 12.6 Å². The van der Waals surface area contributed by atoms with E-state index in [2.05, 4.69) is 0 Å². The van der Waals surface area contributed by atoms with E-state index in [9.17, 15) is 4.79 Å². The first-order valence-corrected chi connectivity index (χ1v) is 4.54. The van der Waals surface area contributed by atoms with Gasteiger partial charge >= 0.3 is 5.97 Å². The van der Waals surface area contributed by atoms with Gasteiger partial charge in [-0.05, 0) is 25.2 Å². The maximum atomic E-state index is 11.2. The Morgan fingerprint density at radius 2 is 2.00 bits per heavy atom. The normalized spacial score (nSPS) is 37.6. The highest BCUT2D eigenvalue weighted by molar-refractivity contribution is 5.73. The van der Waals surface area contributed by atoms with E-state index in [-0.39, 0.29) is 11.9 Å². The first kappa shape index (κ1) is 7.14. The monoisotopic (exact) mass is 154 g/mol. The minimum Gasteiger partial charge on any atom is -0.465 e. The molecule has 0 aromatic carbocycles. The molecule has 0 spiro atoms. The molecule has 1 saturated carbocycles. The predicted molar refractivity (Wildman–Crippen MR) is 41.0 cm³/mol. The Morgan fingerprint density at radius 1 is 1.18 bits per heavy atom. The molecule has 0 amide bonds. The topological polar surface area (TPSA) is 26.3 Å². The van der Waals surface area contributed by atoms with Crippen molar-refractivity contribution >= 4 is 5.97 Å². The fourth-order valence-corrected chi connectivity index (χ4v) is 2.28. The second-order valence-corrected chi connectivity index (χ2v) is 3.61. The van der Waals surface area contributed by atoms with E-state index < -0.39 is 0 Å². The molecular formula is C9H14O2. The Bertz CT molecular complexity index is 163. The zero-order valence-electron chi connectivity index (χ0n) is 6.71. The first-order valence-electron chi connectivity index (χ1n) is 4.54. The quantitative estimate of drug-likeness (QED) is 0.497. The summed E-state index contributed by atoms with van der Waals surface area (Å²) < 4.78 is 5.01. The smallest absolute Gasteiger partial charge is 0.309 e. The van der Waals surface area contributed by atoms with Gasteiger partial charge in [-0.25, -0.2) is 0 Å². The van der Waals surface area contributed by atoms with E-state index in [0.29, 0.717) is 12.5 Å². The van der Waals surface area contributed by atoms with Crippen molar-refractivity contribution in [3.8, 4) is 0 Å². The van der Waals surface area contributed by atoms with E-state index in [0.717, 1.165) is 12.8 Å². The third kappa shape index (κ3) is 1.26. The van der Waals surface area contributed by atoms with E-state index >= 15 is 0 Å². The average molecular weight is 154 g/mol. The highest BCUT2D eigenvalue weighted by Gasteiger charge is 2.34. The van der Waals surface area contributed by atoms with Gasteiger partial charge in [-0.15, -0.1) is 0 Å². The summed E-state index contributed by atoms with van der Waals surface area (Å²) in [7, 11) is 0. The lowest BCUT2D eigenvalue weighted by Crippen LogP contribution is -2.34. The molecule has 0 radical (unpaired) electrons. The summed E-state index contributed by atoms with van der Waals surface area (Å²) in [6.45, 7) is 0.667. The fraction of sp³-hybridized carbons (Fsp3) is 0.889. The molecular weight excluding hydrogens is 140 g/mol. The van der Waals surface area contributed by atoms with Crippen LogP contribution in [0.4, 0.5) is 0 Å². The van der Waals surface area contributed by atoms with Crippen LogP contribution in [0.25, 0.3) is 0 Å². The van der Waals surface area contributed by atoms with Crippen LogP contribution in [0.15, 0.2) is 0 Å². The van der Waals surface area contributed by atoms with Gasteiger partial charge in [0.1, 0.15) is 0 Å². The van der Waals surface area contributed by atoms with Gasteiger partial charge in [-0.2, -0.15) is 0 Å². The number of esters is 1. The maximum absolute atomic E-state index is 11.2. The lowest BCUT2D eigenvalue weighted by molar-refractivity contribution is -0.158. The number of hydrogen-bond donors (Lipinski definition) is 0. The van der Waals surface area contributed by atoms with Crippen LogP contribution in [0.5, 0.6) is 0 Å². The minimum absolute atomic E-state index is 0.0703. The molecule has 62 valence electrons. The first-order chi connectivity index (χ1) is 5.38. The van der Waals surface area contributed by atoms with Crippen molar-refractivity contribution in [2.45, 2.75) is 32.1 Å². The van der Waals surface area contributed by atoms with E-state index in [1.807, 2.05) is 0 Å². The summed E-state index contributed by atoms with van der Waals surface area (Å²) in [5, 5.41) is 0. The Balaban J connectivity index is 2.05. The average Bonchev–Trinajstić information content (AvgIpc) is 2.06. The number of cyclic esters (lactones) is 1. The van der Waals surface area contributed by atoms with Crippen LogP contribution in [0.3, 0.4) is 0 Å². The summed E-state index contributed by atoms with van der Waals surface area (Å²) in [5.41, 5.74) is 0. The minimum atomic E-state index is 0.0703. The molecule has 2 fully saturated rings. The highest BCUT2D eigenvalue weighted by atomic mass is 16.5. The number of carbonyl (C=O) groups excluding carboxylic acids is 1. The Kier molecular flexibility index (Phi) is 1.84. The summed E-state index contributed by atoms with van der Waals surface area (Å²) >= 11 is 0. The molecule has 1 heterocycles. The van der Waals surface area contributed by atoms with Crippen molar-refractivity contribution in [1.82, 2.24) is 0 Å². The van der Waals surface area contributed by atoms with Gasteiger partial charge in [-0.3, -0.25) is 4.79 Å². The number of carbonyl (C=O) groups is 1. The zero-order valence-corrected chi connectivity index (χ0v) is 6.71. The maximum Gasteiger partial charge on any atom is 0.309 e. The van der Waals surface area contributed by atoms with Crippen LogP contribution in [0.2, 0.25) is 0 Å². The highest BCUT2D eigenvalue weighted by Crippen LogP contribution is 2.35. The van der Waals surface area contributed by atoms with Crippen LogP contribution in [0.1, 0.15) is 32.1 Å². The number of ether oxygens (including phenoxy) is 1. The van der Waals surface area contributed by atoms with Gasteiger partial charge in [0.2, 0.25) is 0 Å². The lowest BCUT2D eigenvalue weighted by Gasteiger charge is -2.33. The molecule has 0 N–H and O–H groups in total. The molecule has 0 bridgehead atoms. The van der Waals surface area contributed by atoms with Crippen LogP contribution in [0, 0.1) is 11.8 Å². The summed E-state index contributed by atoms with van der Waals surface area (Å²) in [4.78, 5) is 11.2. The van der Waals surface area contributed by atoms with Gasteiger partial charge in [0.25, 0.3) is 0 Å². The predicted octanol–water partition coefficient (Wildman–Crippen LogP) is 1.74. The molecule has 0 aromatic heterocycles.